The lowest BCUT2D eigenvalue weighted by atomic mass is 9.82. The van der Waals surface area contributed by atoms with Gasteiger partial charge in [0.1, 0.15) is 5.60 Å². The molecule has 2 unspecified atom stereocenters. The SMILES string of the molecule is CCC1(COC)OC1(C(=O)OC)C(C)C. The molecule has 0 aromatic heterocycles. The van der Waals surface area contributed by atoms with E-state index in [1.54, 1.807) is 7.11 Å². The quantitative estimate of drug-likeness (QED) is 0.514. The number of carbonyl (C=O) groups is 1. The molecule has 1 aliphatic heterocycles. The molecule has 4 nitrogen and oxygen atoms in total. The highest BCUT2D eigenvalue weighted by molar-refractivity contribution is 5.85. The zero-order valence-electron chi connectivity index (χ0n) is 10.1. The highest BCUT2D eigenvalue weighted by atomic mass is 16.7. The molecule has 0 aromatic rings. The Kier molecular flexibility index (Phi) is 3.41. The fraction of sp³-hybridized carbons (Fsp3) is 0.909. The number of esters is 1. The third-order valence-electron chi connectivity index (χ3n) is 3.24. The van der Waals surface area contributed by atoms with Crippen LogP contribution in [0, 0.1) is 5.92 Å². The molecule has 1 rings (SSSR count). The van der Waals surface area contributed by atoms with Gasteiger partial charge in [-0.05, 0) is 12.3 Å². The molecule has 1 saturated heterocycles. The Bertz CT molecular complexity index is 251. The van der Waals surface area contributed by atoms with Crippen molar-refractivity contribution in [2.45, 2.75) is 38.4 Å². The summed E-state index contributed by atoms with van der Waals surface area (Å²) in [5.41, 5.74) is -1.31. The molecule has 0 amide bonds. The van der Waals surface area contributed by atoms with E-state index in [4.69, 9.17) is 14.2 Å². The van der Waals surface area contributed by atoms with Crippen molar-refractivity contribution in [2.75, 3.05) is 20.8 Å². The van der Waals surface area contributed by atoms with Gasteiger partial charge in [-0.2, -0.15) is 0 Å². The number of hydrogen-bond acceptors (Lipinski definition) is 4. The normalized spacial score (nSPS) is 34.3. The molecule has 1 heterocycles. The molecule has 2 atom stereocenters. The van der Waals surface area contributed by atoms with E-state index in [1.807, 2.05) is 20.8 Å². The Morgan fingerprint density at radius 2 is 2.00 bits per heavy atom. The van der Waals surface area contributed by atoms with Crippen molar-refractivity contribution >= 4 is 5.97 Å². The number of ether oxygens (including phenoxy) is 3. The summed E-state index contributed by atoms with van der Waals surface area (Å²) in [6, 6.07) is 0. The molecular formula is C11H20O4. The van der Waals surface area contributed by atoms with Crippen LogP contribution in [0.25, 0.3) is 0 Å². The van der Waals surface area contributed by atoms with Gasteiger partial charge in [-0.15, -0.1) is 0 Å². The Labute approximate surface area is 90.9 Å². The number of rotatable bonds is 5. The van der Waals surface area contributed by atoms with E-state index < -0.39 is 11.2 Å². The van der Waals surface area contributed by atoms with Crippen molar-refractivity contribution in [1.29, 1.82) is 0 Å². The minimum absolute atomic E-state index is 0.0834. The molecule has 0 spiro atoms. The van der Waals surface area contributed by atoms with Crippen molar-refractivity contribution in [3.8, 4) is 0 Å². The van der Waals surface area contributed by atoms with E-state index in [1.165, 1.54) is 7.11 Å². The maximum Gasteiger partial charge on any atom is 0.341 e. The fourth-order valence-electron chi connectivity index (χ4n) is 2.35. The average Bonchev–Trinajstić information content (AvgIpc) is 2.89. The van der Waals surface area contributed by atoms with Gasteiger partial charge in [0.2, 0.25) is 0 Å². The molecule has 0 radical (unpaired) electrons. The Morgan fingerprint density at radius 3 is 2.33 bits per heavy atom. The minimum atomic E-state index is -0.813. The molecule has 1 fully saturated rings. The van der Waals surface area contributed by atoms with Crippen LogP contribution in [0.2, 0.25) is 0 Å². The first-order valence-electron chi connectivity index (χ1n) is 5.28. The van der Waals surface area contributed by atoms with E-state index in [-0.39, 0.29) is 11.9 Å². The van der Waals surface area contributed by atoms with E-state index in [9.17, 15) is 4.79 Å². The van der Waals surface area contributed by atoms with Crippen molar-refractivity contribution in [3.63, 3.8) is 0 Å². The fourth-order valence-corrected chi connectivity index (χ4v) is 2.35. The molecule has 1 aliphatic rings. The van der Waals surface area contributed by atoms with Crippen molar-refractivity contribution in [2.24, 2.45) is 5.92 Å². The molecule has 0 aromatic carbocycles. The first-order chi connectivity index (χ1) is 7.00. The highest BCUT2D eigenvalue weighted by Gasteiger charge is 2.76. The monoisotopic (exact) mass is 216 g/mol. The predicted octanol–water partition coefficient (Wildman–Crippen LogP) is 1.38. The van der Waals surface area contributed by atoms with Gasteiger partial charge < -0.3 is 14.2 Å². The van der Waals surface area contributed by atoms with Crippen molar-refractivity contribution in [1.82, 2.24) is 0 Å². The summed E-state index contributed by atoms with van der Waals surface area (Å²) in [6.45, 7) is 6.34. The van der Waals surface area contributed by atoms with Crippen LogP contribution >= 0.6 is 0 Å². The van der Waals surface area contributed by atoms with Crippen molar-refractivity contribution in [3.05, 3.63) is 0 Å². The van der Waals surface area contributed by atoms with Crippen LogP contribution in [-0.2, 0) is 19.0 Å². The molecule has 0 saturated carbocycles. The molecule has 0 N–H and O–H groups in total. The summed E-state index contributed by atoms with van der Waals surface area (Å²) < 4.78 is 15.6. The van der Waals surface area contributed by atoms with E-state index in [2.05, 4.69) is 0 Å². The van der Waals surface area contributed by atoms with Gasteiger partial charge in [-0.25, -0.2) is 4.79 Å². The summed E-state index contributed by atoms with van der Waals surface area (Å²) in [4.78, 5) is 11.8. The first-order valence-corrected chi connectivity index (χ1v) is 5.28. The molecule has 0 aliphatic carbocycles. The molecular weight excluding hydrogens is 196 g/mol. The topological polar surface area (TPSA) is 48.1 Å². The Balaban J connectivity index is 2.93. The number of hydrogen-bond donors (Lipinski definition) is 0. The van der Waals surface area contributed by atoms with Crippen molar-refractivity contribution < 1.29 is 19.0 Å². The minimum Gasteiger partial charge on any atom is -0.467 e. The Morgan fingerprint density at radius 1 is 1.40 bits per heavy atom. The lowest BCUT2D eigenvalue weighted by molar-refractivity contribution is -0.148. The van der Waals surface area contributed by atoms with Gasteiger partial charge in [-0.1, -0.05) is 20.8 Å². The summed E-state index contributed by atoms with van der Waals surface area (Å²) >= 11 is 0. The molecule has 15 heavy (non-hydrogen) atoms. The predicted molar refractivity (Wildman–Crippen MR) is 55.6 cm³/mol. The summed E-state index contributed by atoms with van der Waals surface area (Å²) in [5, 5.41) is 0. The van der Waals surface area contributed by atoms with Crippen LogP contribution in [0.1, 0.15) is 27.2 Å². The summed E-state index contributed by atoms with van der Waals surface area (Å²) in [5.74, 6) is -0.212. The molecule has 88 valence electrons. The van der Waals surface area contributed by atoms with Crippen LogP contribution in [-0.4, -0.2) is 38.0 Å². The van der Waals surface area contributed by atoms with E-state index in [0.29, 0.717) is 6.61 Å². The van der Waals surface area contributed by atoms with Gasteiger partial charge in [0.25, 0.3) is 0 Å². The summed E-state index contributed by atoms with van der Waals surface area (Å²) in [7, 11) is 3.00. The van der Waals surface area contributed by atoms with Gasteiger partial charge in [0.05, 0.1) is 13.7 Å². The lowest BCUT2D eigenvalue weighted by Gasteiger charge is -2.19. The second-order valence-electron chi connectivity index (χ2n) is 4.26. The van der Waals surface area contributed by atoms with Gasteiger partial charge in [0, 0.05) is 7.11 Å². The lowest BCUT2D eigenvalue weighted by Crippen LogP contribution is -2.41. The number of methoxy groups -OCH3 is 2. The smallest absolute Gasteiger partial charge is 0.341 e. The third-order valence-corrected chi connectivity index (χ3v) is 3.24. The highest BCUT2D eigenvalue weighted by Crippen LogP contribution is 2.55. The van der Waals surface area contributed by atoms with Crippen LogP contribution in [0.3, 0.4) is 0 Å². The molecule has 0 bridgehead atoms. The second-order valence-corrected chi connectivity index (χ2v) is 4.26. The Hall–Kier alpha value is -0.610. The third kappa shape index (κ3) is 1.56. The standard InChI is InChI=1S/C11H20O4/c1-6-10(7-13-4)11(15-10,8(2)3)9(12)14-5/h8H,6-7H2,1-5H3. The first kappa shape index (κ1) is 12.5. The van der Waals surface area contributed by atoms with Gasteiger partial charge in [0.15, 0.2) is 5.60 Å². The maximum atomic E-state index is 11.8. The van der Waals surface area contributed by atoms with E-state index >= 15 is 0 Å². The van der Waals surface area contributed by atoms with Crippen LogP contribution in [0.5, 0.6) is 0 Å². The van der Waals surface area contributed by atoms with Gasteiger partial charge >= 0.3 is 5.97 Å². The maximum absolute atomic E-state index is 11.8. The number of epoxide rings is 1. The van der Waals surface area contributed by atoms with E-state index in [0.717, 1.165) is 6.42 Å². The van der Waals surface area contributed by atoms with Crippen LogP contribution in [0.15, 0.2) is 0 Å². The van der Waals surface area contributed by atoms with Gasteiger partial charge in [-0.3, -0.25) is 0 Å². The molecule has 4 heteroatoms. The average molecular weight is 216 g/mol. The zero-order chi connectivity index (χ0) is 11.7. The second kappa shape index (κ2) is 4.10. The summed E-state index contributed by atoms with van der Waals surface area (Å²) in [6.07, 6.45) is 0.744. The zero-order valence-corrected chi connectivity index (χ0v) is 10.1. The van der Waals surface area contributed by atoms with Crippen LogP contribution in [0.4, 0.5) is 0 Å². The van der Waals surface area contributed by atoms with Crippen LogP contribution < -0.4 is 0 Å². The number of carbonyl (C=O) groups excluding carboxylic acids is 1. The largest absolute Gasteiger partial charge is 0.467 e.